The summed E-state index contributed by atoms with van der Waals surface area (Å²) in [6.07, 6.45) is 9.68. The molecule has 2 saturated carbocycles. The summed E-state index contributed by atoms with van der Waals surface area (Å²) in [4.78, 5) is 69.8. The molecule has 5 fully saturated rings. The number of halogens is 3. The van der Waals surface area contributed by atoms with Gasteiger partial charge in [-0.25, -0.2) is 13.6 Å². The van der Waals surface area contributed by atoms with Gasteiger partial charge in [0, 0.05) is 162 Å². The van der Waals surface area contributed by atoms with Crippen molar-refractivity contribution in [3.8, 4) is 79.9 Å². The van der Waals surface area contributed by atoms with Crippen molar-refractivity contribution < 1.29 is 64.7 Å². The first-order valence-corrected chi connectivity index (χ1v) is 36.9. The van der Waals surface area contributed by atoms with Gasteiger partial charge in [0.25, 0.3) is 17.7 Å². The van der Waals surface area contributed by atoms with Gasteiger partial charge in [0.15, 0.2) is 16.7 Å². The van der Waals surface area contributed by atoms with Gasteiger partial charge in [-0.3, -0.25) is 44.3 Å². The van der Waals surface area contributed by atoms with Crippen LogP contribution in [0.15, 0.2) is 160 Å². The number of hydrogen-bond donors (Lipinski definition) is 2. The average molecular weight is 1570 g/mol. The molecule has 3 saturated heterocycles. The lowest BCUT2D eigenvalue weighted by Gasteiger charge is -2.32. The van der Waals surface area contributed by atoms with Gasteiger partial charge in [-0.05, 0) is 111 Å². The van der Waals surface area contributed by atoms with Crippen LogP contribution in [0.1, 0.15) is 75.9 Å². The highest BCUT2D eigenvalue weighted by atomic mass is 35.5. The molecule has 12 aromatic rings. The fraction of sp³-hybridized carbons (Fsp3) is 0.294. The first-order valence-electron chi connectivity index (χ1n) is 36.5. The summed E-state index contributed by atoms with van der Waals surface area (Å²) in [7, 11) is 12.5. The van der Waals surface area contributed by atoms with Crippen LogP contribution in [0.3, 0.4) is 0 Å². The zero-order valence-corrected chi connectivity index (χ0v) is 66.0. The quantitative estimate of drug-likeness (QED) is 0.0800. The van der Waals surface area contributed by atoms with Crippen molar-refractivity contribution in [3.05, 3.63) is 208 Å². The largest absolute Gasteiger partial charge is 0.496 e. The number of hydrogen-bond acceptors (Lipinski definition) is 22. The summed E-state index contributed by atoms with van der Waals surface area (Å²) in [6.45, 7) is 20.1. The molecule has 3 aliphatic heterocycles. The molecule has 12 heterocycles. The summed E-state index contributed by atoms with van der Waals surface area (Å²) >= 11 is 6.10. The molecule has 4 unspecified atom stereocenters. The van der Waals surface area contributed by atoms with Gasteiger partial charge in [-0.1, -0.05) is 35.9 Å². The van der Waals surface area contributed by atoms with Crippen LogP contribution in [0.2, 0.25) is 5.02 Å². The van der Waals surface area contributed by atoms with Gasteiger partial charge in [0.1, 0.15) is 86.2 Å². The Bertz CT molecular complexity index is 5850. The number of benzene rings is 3. The Hall–Kier alpha value is -12.5. The van der Waals surface area contributed by atoms with Crippen molar-refractivity contribution in [1.29, 1.82) is 10.5 Å². The number of pyridine rings is 6. The van der Waals surface area contributed by atoms with E-state index in [4.69, 9.17) is 70.7 Å². The SMILES string of the molecule is COc1cc(C(=O)N(C)C)ncc1-c1cc2nccc(-c3ccc(F)c(C#N)c3)c2o1.COc1cc(C(=O)N(C)C)ncc1-c1cc2nccc(Cl)c2o1.Cc1cc(C(=O)N(C)C)ncc1-c1cc2nccc(-c3ccc(NC4C5COCC54)c(C#N)c3)c2o1.NC1C2COCC12.[C-]#[N+]c1cc(B2OC(C)(C)C(C)(C)O2)ccc1F. The summed E-state index contributed by atoms with van der Waals surface area (Å²) in [5.41, 5.74) is 17.1. The van der Waals surface area contributed by atoms with Gasteiger partial charge in [0.05, 0.1) is 91.4 Å². The minimum atomic E-state index is -0.583. The molecule has 0 radical (unpaired) electrons. The van der Waals surface area contributed by atoms with Crippen molar-refractivity contribution >= 4 is 86.6 Å². The van der Waals surface area contributed by atoms with E-state index in [1.165, 1.54) is 59.4 Å². The van der Waals surface area contributed by atoms with E-state index < -0.39 is 30.0 Å². The second kappa shape index (κ2) is 33.3. The van der Waals surface area contributed by atoms with Gasteiger partial charge in [-0.15, -0.1) is 0 Å². The number of aryl methyl sites for hydroxylation is 1. The predicted molar refractivity (Wildman–Crippen MR) is 428 cm³/mol. The molecule has 26 nitrogen and oxygen atoms in total. The Balaban J connectivity index is 0.000000133. The minimum Gasteiger partial charge on any atom is -0.496 e. The van der Waals surface area contributed by atoms with Gasteiger partial charge in [-0.2, -0.15) is 10.5 Å². The fourth-order valence-electron chi connectivity index (χ4n) is 13.4. The molecule has 30 heteroatoms. The molecule has 0 bridgehead atoms. The average Bonchev–Trinajstić information content (AvgIpc) is 1.59. The Morgan fingerprint density at radius 3 is 1.45 bits per heavy atom. The van der Waals surface area contributed by atoms with Crippen molar-refractivity contribution in [2.45, 2.75) is 57.9 Å². The van der Waals surface area contributed by atoms with Crippen LogP contribution < -0.4 is 26.0 Å². The lowest BCUT2D eigenvalue weighted by atomic mass is 9.79. The Labute approximate surface area is 666 Å². The minimum absolute atomic E-state index is 0.0118. The first kappa shape index (κ1) is 80.5. The number of carbonyl (C=O) groups excluding carboxylic acids is 3. The van der Waals surface area contributed by atoms with E-state index in [1.807, 2.05) is 71.0 Å². The molecule has 3 N–H and O–H groups in total. The number of anilines is 1. The molecule has 115 heavy (non-hydrogen) atoms. The maximum atomic E-state index is 13.7. The standard InChI is InChI=1S/C28H25N5O3.C23H17FN4O3.C16H14ClN3O3.C13H15BFNO2.C5H9NO/c1-15-8-24(28(34)33(2)3)31-12-19(15)25-10-23-27(36-25)18(6-7-30-23)16-4-5-22(17(9-16)11-29)32-26-20-13-35-14-21(20)26;1-28(2)23(29)19-10-20(30-3)16(12-27-19)21-9-18-22(31-21)15(6-7-26-18)13-4-5-17(24)14(8-13)11-25;1-20(2)16(21)12-7-13(22-3)9(8-19-12)14-6-11-15(23-14)10(17)4-5-18-11;1-12(2)13(3,4)18-14(17-12)9-6-7-10(15)11(8-9)16-5;6-5-3-1-7-2-4(3)5/h4-10,12,20-21,26,32H,13-14H2,1-3H3;4-10,12H,1-3H3;4-8H,1-3H3;6-8H,1-4H3;3-5H,1-2,6H2. The van der Waals surface area contributed by atoms with Crippen LogP contribution in [0.5, 0.6) is 11.5 Å². The molecule has 3 aromatic carbocycles. The molecule has 5 aliphatic rings. The van der Waals surface area contributed by atoms with Gasteiger partial charge >= 0.3 is 7.12 Å². The Morgan fingerprint density at radius 1 is 0.565 bits per heavy atom. The molecule has 9 aromatic heterocycles. The molecule has 17 rings (SSSR count). The van der Waals surface area contributed by atoms with Crippen LogP contribution in [-0.4, -0.2) is 176 Å². The Kier molecular flexibility index (Phi) is 23.3. The zero-order chi connectivity index (χ0) is 82.1. The van der Waals surface area contributed by atoms with E-state index in [2.05, 4.69) is 46.1 Å². The highest BCUT2D eigenvalue weighted by Gasteiger charge is 2.55. The topological polar surface area (TPSA) is 323 Å². The van der Waals surface area contributed by atoms with Crippen molar-refractivity contribution in [2.75, 3.05) is 88.2 Å². The number of carbonyl (C=O) groups is 3. The first-order chi connectivity index (χ1) is 55.0. The number of methoxy groups -OCH3 is 2. The van der Waals surface area contributed by atoms with Crippen LogP contribution in [-0.2, 0) is 18.8 Å². The monoisotopic (exact) mass is 1570 g/mol. The number of nitrogens with one attached hydrogen (secondary N) is 1. The van der Waals surface area contributed by atoms with Crippen LogP contribution in [0, 0.1) is 71.5 Å². The summed E-state index contributed by atoms with van der Waals surface area (Å²) in [5, 5.41) is 23.0. The maximum absolute atomic E-state index is 13.7. The van der Waals surface area contributed by atoms with E-state index in [9.17, 15) is 28.4 Å². The number of rotatable bonds is 13. The van der Waals surface area contributed by atoms with Crippen LogP contribution in [0.4, 0.5) is 20.2 Å². The lowest BCUT2D eigenvalue weighted by Crippen LogP contribution is -2.41. The lowest BCUT2D eigenvalue weighted by molar-refractivity contribution is 0.00578. The van der Waals surface area contributed by atoms with E-state index in [0.717, 1.165) is 66.2 Å². The van der Waals surface area contributed by atoms with Crippen LogP contribution >= 0.6 is 11.6 Å². The second-order valence-electron chi connectivity index (χ2n) is 29.6. The van der Waals surface area contributed by atoms with Gasteiger partial charge in [0.2, 0.25) is 5.69 Å². The third kappa shape index (κ3) is 16.8. The smallest absolute Gasteiger partial charge is 0.493 e. The number of ether oxygens (including phenoxy) is 4. The van der Waals surface area contributed by atoms with Crippen molar-refractivity contribution in [2.24, 2.45) is 29.4 Å². The molecule has 0 spiro atoms. The molecule has 2 aliphatic carbocycles. The summed E-state index contributed by atoms with van der Waals surface area (Å²) < 4.78 is 78.2. The zero-order valence-electron chi connectivity index (χ0n) is 65.2. The second-order valence-corrected chi connectivity index (χ2v) is 30.0. The molecular weight excluding hydrogens is 1490 g/mol. The predicted octanol–water partition coefficient (Wildman–Crippen LogP) is 14.3. The van der Waals surface area contributed by atoms with Crippen molar-refractivity contribution in [3.63, 3.8) is 0 Å². The van der Waals surface area contributed by atoms with Crippen molar-refractivity contribution in [1.82, 2.24) is 44.6 Å². The number of nitrogens with zero attached hydrogens (tertiary/aromatic N) is 12. The normalized spacial score (nSPS) is 18.1. The summed E-state index contributed by atoms with van der Waals surface area (Å²) in [5.74, 6) is 3.37. The van der Waals surface area contributed by atoms with Crippen LogP contribution in [0.25, 0.3) is 94.4 Å². The van der Waals surface area contributed by atoms with E-state index in [0.29, 0.717) is 136 Å². The summed E-state index contributed by atoms with van der Waals surface area (Å²) in [6, 6.07) is 35.1. The fourth-order valence-corrected chi connectivity index (χ4v) is 13.6. The highest BCUT2D eigenvalue weighted by Crippen LogP contribution is 2.48. The Morgan fingerprint density at radius 2 is 1.00 bits per heavy atom. The maximum Gasteiger partial charge on any atom is 0.493 e. The number of nitrogens with two attached hydrogens (primary N) is 1. The third-order valence-corrected chi connectivity index (χ3v) is 21.2. The number of fused-ring (bicyclic) bond motifs is 5. The molecule has 586 valence electrons. The number of aromatic nitrogens is 6. The van der Waals surface area contributed by atoms with Gasteiger partial charge < -0.3 is 67.3 Å². The number of amides is 3. The highest BCUT2D eigenvalue weighted by molar-refractivity contribution is 6.62. The molecule has 4 atom stereocenters. The molecule has 3 amide bonds. The van der Waals surface area contributed by atoms with E-state index >= 15 is 0 Å². The molecular formula is C85H80BClF2N14O12. The number of furan rings is 3. The number of nitriles is 2. The van der Waals surface area contributed by atoms with E-state index in [-0.39, 0.29) is 34.7 Å². The third-order valence-electron chi connectivity index (χ3n) is 20.9. The van der Waals surface area contributed by atoms with E-state index in [1.54, 1.807) is 128 Å².